The molecule has 0 bridgehead atoms. The van der Waals surface area contributed by atoms with E-state index in [2.05, 4.69) is 0 Å². The maximum Gasteiger partial charge on any atom is 0.229 e. The van der Waals surface area contributed by atoms with E-state index in [0.29, 0.717) is 12.8 Å². The molecular formula is C12H12Cl2O2. The summed E-state index contributed by atoms with van der Waals surface area (Å²) in [7, 11) is 0. The first-order chi connectivity index (χ1) is 7.61. The largest absolute Gasteiger partial charge is 0.281 e. The minimum atomic E-state index is -0.395. The second-order valence-electron chi connectivity index (χ2n) is 3.51. The predicted octanol–water partition coefficient (Wildman–Crippen LogP) is 3.47. The normalized spacial score (nSPS) is 12.1. The average Bonchev–Trinajstić information content (AvgIpc) is 2.25. The van der Waals surface area contributed by atoms with Crippen LogP contribution < -0.4 is 0 Å². The van der Waals surface area contributed by atoms with Crippen LogP contribution in [-0.4, -0.2) is 10.5 Å². The molecule has 0 aliphatic rings. The van der Waals surface area contributed by atoms with Crippen molar-refractivity contribution in [1.82, 2.24) is 0 Å². The van der Waals surface area contributed by atoms with Gasteiger partial charge in [-0.05, 0) is 41.6 Å². The summed E-state index contributed by atoms with van der Waals surface area (Å²) in [6.07, 6.45) is 1.39. The van der Waals surface area contributed by atoms with Crippen molar-refractivity contribution in [3.05, 3.63) is 35.9 Å². The van der Waals surface area contributed by atoms with Crippen LogP contribution in [0.4, 0.5) is 0 Å². The number of halogens is 2. The van der Waals surface area contributed by atoms with Crippen molar-refractivity contribution in [2.45, 2.75) is 25.2 Å². The minimum absolute atomic E-state index is 0.273. The van der Waals surface area contributed by atoms with Crippen molar-refractivity contribution in [2.75, 3.05) is 0 Å². The Morgan fingerprint density at radius 2 is 1.75 bits per heavy atom. The first-order valence-electron chi connectivity index (χ1n) is 5.04. The molecule has 4 heteroatoms. The van der Waals surface area contributed by atoms with Crippen molar-refractivity contribution in [1.29, 1.82) is 0 Å². The van der Waals surface area contributed by atoms with E-state index in [1.165, 1.54) is 0 Å². The highest BCUT2D eigenvalue weighted by molar-refractivity contribution is 6.64. The predicted molar refractivity (Wildman–Crippen MR) is 64.8 cm³/mol. The molecule has 0 radical (unpaired) electrons. The van der Waals surface area contributed by atoms with E-state index < -0.39 is 5.24 Å². The number of carbonyl (C=O) groups excluding carboxylic acids is 2. The van der Waals surface area contributed by atoms with Crippen LogP contribution in [0.2, 0.25) is 0 Å². The summed E-state index contributed by atoms with van der Waals surface area (Å²) in [5, 5.41) is -0.776. The number of carbonyl (C=O) groups is 2. The maximum atomic E-state index is 11.3. The van der Waals surface area contributed by atoms with E-state index in [1.54, 1.807) is 0 Å². The number of rotatable bonds is 6. The lowest BCUT2D eigenvalue weighted by molar-refractivity contribution is -0.114. The molecule has 0 heterocycles. The molecule has 0 saturated heterocycles. The van der Waals surface area contributed by atoms with Gasteiger partial charge in [-0.2, -0.15) is 0 Å². The number of hydrogen-bond acceptors (Lipinski definition) is 2. The van der Waals surface area contributed by atoms with Crippen LogP contribution in [0, 0.1) is 0 Å². The zero-order chi connectivity index (χ0) is 12.0. The van der Waals surface area contributed by atoms with Gasteiger partial charge in [0.2, 0.25) is 10.5 Å². The van der Waals surface area contributed by atoms with Gasteiger partial charge in [0.25, 0.3) is 0 Å². The van der Waals surface area contributed by atoms with Gasteiger partial charge in [-0.15, -0.1) is 0 Å². The van der Waals surface area contributed by atoms with Crippen molar-refractivity contribution >= 4 is 33.7 Å². The van der Waals surface area contributed by atoms with Gasteiger partial charge in [-0.25, -0.2) is 0 Å². The molecule has 0 fully saturated rings. The van der Waals surface area contributed by atoms with Crippen LogP contribution in [0.25, 0.3) is 0 Å². The monoisotopic (exact) mass is 258 g/mol. The topological polar surface area (TPSA) is 34.1 Å². The second-order valence-corrected chi connectivity index (χ2v) is 4.31. The van der Waals surface area contributed by atoms with E-state index in [1.807, 2.05) is 30.3 Å². The van der Waals surface area contributed by atoms with Gasteiger partial charge in [0.15, 0.2) is 0 Å². The van der Waals surface area contributed by atoms with E-state index in [0.717, 1.165) is 5.56 Å². The highest BCUT2D eigenvalue weighted by Gasteiger charge is 2.18. The Morgan fingerprint density at radius 1 is 1.12 bits per heavy atom. The zero-order valence-corrected chi connectivity index (χ0v) is 10.2. The van der Waals surface area contributed by atoms with Gasteiger partial charge >= 0.3 is 0 Å². The van der Waals surface area contributed by atoms with Crippen LogP contribution in [0.1, 0.15) is 30.7 Å². The Morgan fingerprint density at radius 3 is 2.25 bits per heavy atom. The number of benzene rings is 1. The van der Waals surface area contributed by atoms with Crippen LogP contribution in [0.3, 0.4) is 0 Å². The third kappa shape index (κ3) is 4.33. The van der Waals surface area contributed by atoms with Crippen molar-refractivity contribution in [2.24, 2.45) is 0 Å². The Balaban J connectivity index is 2.62. The summed E-state index contributed by atoms with van der Waals surface area (Å²) in [4.78, 5) is 21.8. The fourth-order valence-corrected chi connectivity index (χ4v) is 1.91. The average molecular weight is 259 g/mol. The van der Waals surface area contributed by atoms with Crippen molar-refractivity contribution < 1.29 is 9.59 Å². The molecule has 1 unspecified atom stereocenters. The quantitative estimate of drug-likeness (QED) is 0.733. The summed E-state index contributed by atoms with van der Waals surface area (Å²) >= 11 is 10.8. The van der Waals surface area contributed by atoms with Crippen molar-refractivity contribution in [3.63, 3.8) is 0 Å². The van der Waals surface area contributed by atoms with Gasteiger partial charge in [-0.1, -0.05) is 30.3 Å². The van der Waals surface area contributed by atoms with Gasteiger partial charge in [0.05, 0.1) is 5.92 Å². The van der Waals surface area contributed by atoms with Crippen LogP contribution in [0.15, 0.2) is 30.3 Å². The molecule has 16 heavy (non-hydrogen) atoms. The van der Waals surface area contributed by atoms with Gasteiger partial charge in [-0.3, -0.25) is 9.59 Å². The smallest absolute Gasteiger partial charge is 0.229 e. The summed E-state index contributed by atoms with van der Waals surface area (Å²) < 4.78 is 0. The molecule has 0 N–H and O–H groups in total. The van der Waals surface area contributed by atoms with E-state index >= 15 is 0 Å². The highest BCUT2D eigenvalue weighted by Crippen LogP contribution is 2.24. The maximum absolute atomic E-state index is 11.3. The van der Waals surface area contributed by atoms with Gasteiger partial charge in [0.1, 0.15) is 0 Å². The standard InChI is InChI=1S/C12H12Cl2O2/c13-11(15)8-4-7-10(12(14)16)9-5-2-1-3-6-9/h1-3,5-6,10H,4,7-8H2. The second kappa shape index (κ2) is 6.66. The molecular weight excluding hydrogens is 247 g/mol. The zero-order valence-electron chi connectivity index (χ0n) is 8.66. The lowest BCUT2D eigenvalue weighted by atomic mass is 9.95. The molecule has 0 saturated carbocycles. The van der Waals surface area contributed by atoms with E-state index in [4.69, 9.17) is 23.2 Å². The molecule has 1 aromatic carbocycles. The van der Waals surface area contributed by atoms with Crippen LogP contribution in [0.5, 0.6) is 0 Å². The Labute approximate surface area is 105 Å². The van der Waals surface area contributed by atoms with Crippen LogP contribution >= 0.6 is 23.2 Å². The summed E-state index contributed by atoms with van der Waals surface area (Å²) in [6.45, 7) is 0. The fraction of sp³-hybridized carbons (Fsp3) is 0.333. The lowest BCUT2D eigenvalue weighted by Crippen LogP contribution is -2.07. The highest BCUT2D eigenvalue weighted by atomic mass is 35.5. The molecule has 86 valence electrons. The van der Waals surface area contributed by atoms with Crippen LogP contribution in [-0.2, 0) is 9.59 Å². The summed E-state index contributed by atoms with van der Waals surface area (Å²) in [6, 6.07) is 9.30. The lowest BCUT2D eigenvalue weighted by Gasteiger charge is -2.11. The molecule has 1 atom stereocenters. The first kappa shape index (κ1) is 13.2. The molecule has 1 aromatic rings. The molecule has 0 aliphatic carbocycles. The SMILES string of the molecule is O=C(Cl)CCCC(C(=O)Cl)c1ccccc1. The third-order valence-electron chi connectivity index (χ3n) is 2.34. The molecule has 0 spiro atoms. The summed E-state index contributed by atoms with van der Waals surface area (Å²) in [5.41, 5.74) is 0.879. The Kier molecular flexibility index (Phi) is 5.50. The Hall–Kier alpha value is -0.860. The molecule has 2 nitrogen and oxygen atoms in total. The Bertz CT molecular complexity index is 363. The van der Waals surface area contributed by atoms with E-state index in [-0.39, 0.29) is 17.6 Å². The molecule has 0 aliphatic heterocycles. The summed E-state index contributed by atoms with van der Waals surface area (Å²) in [5.74, 6) is -0.348. The molecule has 1 rings (SSSR count). The molecule has 0 amide bonds. The third-order valence-corrected chi connectivity index (χ3v) is 2.79. The van der Waals surface area contributed by atoms with Gasteiger partial charge < -0.3 is 0 Å². The fourth-order valence-electron chi connectivity index (χ4n) is 1.54. The minimum Gasteiger partial charge on any atom is -0.281 e. The number of hydrogen-bond donors (Lipinski definition) is 0. The molecule has 0 aromatic heterocycles. The van der Waals surface area contributed by atoms with Gasteiger partial charge in [0, 0.05) is 6.42 Å². The van der Waals surface area contributed by atoms with Crippen molar-refractivity contribution in [3.8, 4) is 0 Å². The van der Waals surface area contributed by atoms with E-state index in [9.17, 15) is 9.59 Å². The first-order valence-corrected chi connectivity index (χ1v) is 5.79.